The summed E-state index contributed by atoms with van der Waals surface area (Å²) < 4.78 is 19.0. The lowest BCUT2D eigenvalue weighted by Crippen LogP contribution is -2.35. The van der Waals surface area contributed by atoms with E-state index in [9.17, 15) is 4.39 Å². The molecule has 1 N–H and O–H groups in total. The maximum absolute atomic E-state index is 14.0. The van der Waals surface area contributed by atoms with Crippen LogP contribution in [0.15, 0.2) is 18.2 Å². The Hall–Kier alpha value is -0.550. The number of benzene rings is 1. The van der Waals surface area contributed by atoms with E-state index in [1.165, 1.54) is 25.3 Å². The number of ether oxygens (including phenoxy) is 1. The van der Waals surface area contributed by atoms with Crippen LogP contribution in [0, 0.1) is 5.82 Å². The van der Waals surface area contributed by atoms with Gasteiger partial charge in [-0.3, -0.25) is 4.90 Å². The number of rotatable bonds is 3. The zero-order valence-electron chi connectivity index (χ0n) is 12.2. The van der Waals surface area contributed by atoms with E-state index in [0.29, 0.717) is 24.4 Å². The summed E-state index contributed by atoms with van der Waals surface area (Å²) in [6.07, 6.45) is 3.73. The van der Waals surface area contributed by atoms with Crippen LogP contribution in [0.3, 0.4) is 0 Å². The fraction of sp³-hybridized carbons (Fsp3) is 0.600. The highest BCUT2D eigenvalue weighted by molar-refractivity contribution is 5.85. The van der Waals surface area contributed by atoms with E-state index in [1.807, 2.05) is 12.1 Å². The molecule has 1 aromatic carbocycles. The summed E-state index contributed by atoms with van der Waals surface area (Å²) in [5, 5.41) is 3.65. The third kappa shape index (κ3) is 4.46. The summed E-state index contributed by atoms with van der Waals surface area (Å²) in [4.78, 5) is 2.36. The lowest BCUT2D eigenvalue weighted by molar-refractivity contribution is 0.247. The molecule has 6 heteroatoms. The molecule has 2 atom stereocenters. The molecule has 3 nitrogen and oxygen atoms in total. The van der Waals surface area contributed by atoms with Crippen molar-refractivity contribution < 1.29 is 9.13 Å². The summed E-state index contributed by atoms with van der Waals surface area (Å²) in [5.41, 5.74) is 0.763. The number of hydrogen-bond acceptors (Lipinski definition) is 3. The monoisotopic (exact) mass is 336 g/mol. The molecule has 2 bridgehead atoms. The Labute approximate surface area is 138 Å². The molecule has 0 radical (unpaired) electrons. The fourth-order valence-corrected chi connectivity index (χ4v) is 3.18. The van der Waals surface area contributed by atoms with Crippen molar-refractivity contribution in [3.05, 3.63) is 29.6 Å². The topological polar surface area (TPSA) is 24.5 Å². The predicted molar refractivity (Wildman–Crippen MR) is 87.3 cm³/mol. The summed E-state index contributed by atoms with van der Waals surface area (Å²) in [6.45, 7) is 2.78. The molecule has 120 valence electrons. The van der Waals surface area contributed by atoms with Crippen LogP contribution >= 0.6 is 24.8 Å². The smallest absolute Gasteiger partial charge is 0.131 e. The van der Waals surface area contributed by atoms with Gasteiger partial charge in [-0.05, 0) is 25.3 Å². The first-order valence-corrected chi connectivity index (χ1v) is 7.05. The third-order valence-corrected chi connectivity index (χ3v) is 4.26. The first-order valence-electron chi connectivity index (χ1n) is 7.05. The van der Waals surface area contributed by atoms with Crippen molar-refractivity contribution >= 4 is 24.8 Å². The Bertz CT molecular complexity index is 461. The molecule has 2 heterocycles. The van der Waals surface area contributed by atoms with E-state index in [1.54, 1.807) is 7.11 Å². The highest BCUT2D eigenvalue weighted by Gasteiger charge is 2.29. The number of halogens is 3. The van der Waals surface area contributed by atoms with Crippen molar-refractivity contribution in [3.63, 3.8) is 0 Å². The minimum absolute atomic E-state index is 0. The van der Waals surface area contributed by atoms with Crippen LogP contribution in [0.5, 0.6) is 5.75 Å². The fourth-order valence-electron chi connectivity index (χ4n) is 3.18. The van der Waals surface area contributed by atoms with Gasteiger partial charge in [0, 0.05) is 43.3 Å². The van der Waals surface area contributed by atoms with E-state index in [-0.39, 0.29) is 30.6 Å². The van der Waals surface area contributed by atoms with Crippen LogP contribution < -0.4 is 10.1 Å². The van der Waals surface area contributed by atoms with Gasteiger partial charge in [-0.1, -0.05) is 6.07 Å². The van der Waals surface area contributed by atoms with Gasteiger partial charge in [0.25, 0.3) is 0 Å². The van der Waals surface area contributed by atoms with Crippen molar-refractivity contribution in [2.75, 3.05) is 20.2 Å². The van der Waals surface area contributed by atoms with E-state index in [0.717, 1.165) is 18.7 Å². The number of likely N-dealkylation sites (tertiary alicyclic amines) is 1. The van der Waals surface area contributed by atoms with Crippen molar-refractivity contribution in [1.29, 1.82) is 0 Å². The number of nitrogens with zero attached hydrogens (tertiary/aromatic N) is 1. The number of hydrogen-bond donors (Lipinski definition) is 1. The molecule has 0 unspecified atom stereocenters. The summed E-state index contributed by atoms with van der Waals surface area (Å²) >= 11 is 0. The Balaban J connectivity index is 0.00000110. The van der Waals surface area contributed by atoms with Gasteiger partial charge in [-0.2, -0.15) is 0 Å². The first-order chi connectivity index (χ1) is 9.24. The second-order valence-corrected chi connectivity index (χ2v) is 5.62. The Morgan fingerprint density at radius 1 is 1.24 bits per heavy atom. The maximum atomic E-state index is 14.0. The van der Waals surface area contributed by atoms with Crippen molar-refractivity contribution in [1.82, 2.24) is 10.2 Å². The van der Waals surface area contributed by atoms with Gasteiger partial charge in [-0.25, -0.2) is 4.39 Å². The highest BCUT2D eigenvalue weighted by atomic mass is 35.5. The molecule has 2 fully saturated rings. The van der Waals surface area contributed by atoms with E-state index in [2.05, 4.69) is 10.2 Å². The van der Waals surface area contributed by atoms with Crippen LogP contribution in [-0.2, 0) is 6.54 Å². The van der Waals surface area contributed by atoms with Gasteiger partial charge in [0.05, 0.1) is 7.11 Å². The number of nitrogens with one attached hydrogen (secondary N) is 1. The van der Waals surface area contributed by atoms with Gasteiger partial charge in [-0.15, -0.1) is 24.8 Å². The summed E-state index contributed by atoms with van der Waals surface area (Å²) in [6, 6.07) is 6.41. The molecule has 2 aliphatic heterocycles. The molecule has 1 aromatic rings. The molecule has 2 aliphatic rings. The number of fused-ring (bicyclic) bond motifs is 2. The molecule has 21 heavy (non-hydrogen) atoms. The molecule has 0 saturated carbocycles. The van der Waals surface area contributed by atoms with Crippen LogP contribution in [0.2, 0.25) is 0 Å². The summed E-state index contributed by atoms with van der Waals surface area (Å²) in [7, 11) is 1.56. The minimum atomic E-state index is -0.165. The van der Waals surface area contributed by atoms with Crippen LogP contribution in [-0.4, -0.2) is 37.2 Å². The van der Waals surface area contributed by atoms with Crippen LogP contribution in [0.4, 0.5) is 4.39 Å². The average molecular weight is 337 g/mol. The first kappa shape index (κ1) is 18.5. The van der Waals surface area contributed by atoms with Gasteiger partial charge in [0.1, 0.15) is 11.6 Å². The van der Waals surface area contributed by atoms with Gasteiger partial charge in [0.2, 0.25) is 0 Å². The zero-order valence-corrected chi connectivity index (χ0v) is 13.8. The van der Waals surface area contributed by atoms with Crippen LogP contribution in [0.1, 0.15) is 24.8 Å². The Kier molecular flexibility index (Phi) is 7.21. The van der Waals surface area contributed by atoms with Gasteiger partial charge >= 0.3 is 0 Å². The predicted octanol–water partition coefficient (Wildman–Crippen LogP) is 3.00. The normalized spacial score (nSPS) is 24.7. The van der Waals surface area contributed by atoms with Crippen LogP contribution in [0.25, 0.3) is 0 Å². The van der Waals surface area contributed by atoms with E-state index < -0.39 is 0 Å². The third-order valence-electron chi connectivity index (χ3n) is 4.26. The second kappa shape index (κ2) is 8.18. The minimum Gasteiger partial charge on any atom is -0.497 e. The molecule has 2 saturated heterocycles. The number of methoxy groups -OCH3 is 1. The van der Waals surface area contributed by atoms with Crippen molar-refractivity contribution in [2.45, 2.75) is 37.9 Å². The van der Waals surface area contributed by atoms with Gasteiger partial charge < -0.3 is 10.1 Å². The molecule has 0 aliphatic carbocycles. The molecule has 3 rings (SSSR count). The standard InChI is InChI=1S/C15H21FN2O.2ClH/c1-19-14-5-2-11(15(16)8-14)9-18-7-6-12-3-4-13(10-18)17-12;;/h2,5,8,12-13,17H,3-4,6-7,9-10H2,1H3;2*1H/t12-,13+;;/m1../s1. The van der Waals surface area contributed by atoms with Crippen molar-refractivity contribution in [3.8, 4) is 5.75 Å². The SMILES string of the molecule is COc1ccc(CN2CC[C@H]3CC[C@@H](C2)N3)c(F)c1.Cl.Cl. The molecule has 0 aromatic heterocycles. The molecule has 0 amide bonds. The Morgan fingerprint density at radius 2 is 2.00 bits per heavy atom. The maximum Gasteiger partial charge on any atom is 0.131 e. The quantitative estimate of drug-likeness (QED) is 0.918. The van der Waals surface area contributed by atoms with E-state index in [4.69, 9.17) is 4.74 Å². The Morgan fingerprint density at radius 3 is 2.71 bits per heavy atom. The zero-order chi connectivity index (χ0) is 13.2. The second-order valence-electron chi connectivity index (χ2n) is 5.62. The van der Waals surface area contributed by atoms with E-state index >= 15 is 0 Å². The molecule has 0 spiro atoms. The average Bonchev–Trinajstić information content (AvgIpc) is 2.74. The van der Waals surface area contributed by atoms with Gasteiger partial charge in [0.15, 0.2) is 0 Å². The lowest BCUT2D eigenvalue weighted by atomic mass is 10.1. The summed E-state index contributed by atoms with van der Waals surface area (Å²) in [5.74, 6) is 0.416. The van der Waals surface area contributed by atoms with Crippen molar-refractivity contribution in [2.24, 2.45) is 0 Å². The molecular weight excluding hydrogens is 314 g/mol. The lowest BCUT2D eigenvalue weighted by Gasteiger charge is -2.24. The molecular formula is C15H23Cl2FN2O. The highest BCUT2D eigenvalue weighted by Crippen LogP contribution is 2.23. The largest absolute Gasteiger partial charge is 0.497 e.